The molecule has 0 atom stereocenters. The number of benzene rings is 2. The van der Waals surface area contributed by atoms with Crippen molar-refractivity contribution in [3.8, 4) is 0 Å². The summed E-state index contributed by atoms with van der Waals surface area (Å²) < 4.78 is 35.5. The number of nitrogens with one attached hydrogen (secondary N) is 1. The summed E-state index contributed by atoms with van der Waals surface area (Å²) in [5.74, 6) is -0.634. The Balaban J connectivity index is 1.38. The van der Waals surface area contributed by atoms with Crippen LogP contribution >= 0.6 is 0 Å². The third-order valence-corrected chi connectivity index (χ3v) is 6.03. The maximum Gasteiger partial charge on any atom is 0.253 e. The minimum atomic E-state index is -3.71. The van der Waals surface area contributed by atoms with E-state index in [0.717, 1.165) is 5.56 Å². The number of primary sulfonamides is 1. The van der Waals surface area contributed by atoms with E-state index >= 15 is 0 Å². The summed E-state index contributed by atoms with van der Waals surface area (Å²) in [7, 11) is -3.71. The first-order valence-electron chi connectivity index (χ1n) is 9.88. The number of hydrogen-bond donors (Lipinski definition) is 2. The van der Waals surface area contributed by atoms with Gasteiger partial charge in [-0.25, -0.2) is 17.9 Å². The van der Waals surface area contributed by atoms with E-state index in [0.29, 0.717) is 44.7 Å². The molecule has 1 fully saturated rings. The zero-order valence-electron chi connectivity index (χ0n) is 17.0. The lowest BCUT2D eigenvalue weighted by molar-refractivity contribution is -0.122. The van der Waals surface area contributed by atoms with Crippen molar-refractivity contribution in [2.24, 2.45) is 5.14 Å². The molecule has 0 aromatic heterocycles. The minimum Gasteiger partial charge on any atom is -0.355 e. The van der Waals surface area contributed by atoms with Crippen LogP contribution in [0.5, 0.6) is 0 Å². The predicted octanol–water partition coefficient (Wildman–Crippen LogP) is 0.590. The van der Waals surface area contributed by atoms with Gasteiger partial charge in [-0.2, -0.15) is 0 Å². The van der Waals surface area contributed by atoms with Gasteiger partial charge in [0.2, 0.25) is 15.9 Å². The smallest absolute Gasteiger partial charge is 0.253 e. The van der Waals surface area contributed by atoms with E-state index < -0.39 is 10.0 Å². The van der Waals surface area contributed by atoms with Crippen molar-refractivity contribution in [2.45, 2.75) is 11.3 Å². The molecule has 2 aromatic rings. The Kier molecular flexibility index (Phi) is 7.37. The van der Waals surface area contributed by atoms with Crippen LogP contribution in [0.1, 0.15) is 15.9 Å². The molecule has 0 radical (unpaired) electrons. The zero-order chi connectivity index (χ0) is 22.4. The average molecular weight is 449 g/mol. The molecule has 10 heteroatoms. The van der Waals surface area contributed by atoms with Crippen LogP contribution in [-0.2, 0) is 21.2 Å². The van der Waals surface area contributed by atoms with Crippen molar-refractivity contribution >= 4 is 21.8 Å². The van der Waals surface area contributed by atoms with Crippen molar-refractivity contribution in [3.63, 3.8) is 0 Å². The molecule has 31 heavy (non-hydrogen) atoms. The summed E-state index contributed by atoms with van der Waals surface area (Å²) in [5, 5.41) is 7.92. The van der Waals surface area contributed by atoms with Gasteiger partial charge in [0.05, 0.1) is 11.4 Å². The molecule has 8 nitrogen and oxygen atoms in total. The molecular weight excluding hydrogens is 423 g/mol. The summed E-state index contributed by atoms with van der Waals surface area (Å²) in [6.07, 6.45) is 0.566. The topological polar surface area (TPSA) is 113 Å². The zero-order valence-corrected chi connectivity index (χ0v) is 17.8. The Hall–Kier alpha value is -2.82. The van der Waals surface area contributed by atoms with Gasteiger partial charge in [0.15, 0.2) is 0 Å². The number of nitrogens with two attached hydrogens (primary N) is 1. The summed E-state index contributed by atoms with van der Waals surface area (Å²) >= 11 is 0. The maximum atomic E-state index is 13.0. The van der Waals surface area contributed by atoms with Crippen molar-refractivity contribution in [1.29, 1.82) is 0 Å². The van der Waals surface area contributed by atoms with E-state index in [1.54, 1.807) is 17.0 Å². The Morgan fingerprint density at radius 3 is 2.16 bits per heavy atom. The molecule has 0 aliphatic carbocycles. The second-order valence-electron chi connectivity index (χ2n) is 7.36. The fraction of sp³-hybridized carbons (Fsp3) is 0.333. The number of piperazine rings is 1. The van der Waals surface area contributed by atoms with Gasteiger partial charge in [-0.05, 0) is 48.4 Å². The van der Waals surface area contributed by atoms with Gasteiger partial charge in [0, 0.05) is 38.3 Å². The average Bonchev–Trinajstić information content (AvgIpc) is 2.74. The summed E-state index contributed by atoms with van der Waals surface area (Å²) in [5.41, 5.74) is 1.34. The summed E-state index contributed by atoms with van der Waals surface area (Å²) in [6, 6.07) is 11.7. The van der Waals surface area contributed by atoms with E-state index in [-0.39, 0.29) is 29.1 Å². The molecule has 166 valence electrons. The number of carbonyl (C=O) groups excluding carboxylic acids is 2. The molecule has 1 saturated heterocycles. The predicted molar refractivity (Wildman–Crippen MR) is 113 cm³/mol. The number of amides is 2. The van der Waals surface area contributed by atoms with Crippen LogP contribution in [0.4, 0.5) is 4.39 Å². The molecule has 0 bridgehead atoms. The first-order chi connectivity index (χ1) is 14.7. The van der Waals surface area contributed by atoms with E-state index in [1.165, 1.54) is 36.4 Å². The van der Waals surface area contributed by atoms with Crippen molar-refractivity contribution in [3.05, 3.63) is 65.5 Å². The third-order valence-electron chi connectivity index (χ3n) is 5.11. The van der Waals surface area contributed by atoms with Gasteiger partial charge in [-0.3, -0.25) is 14.5 Å². The van der Waals surface area contributed by atoms with E-state index in [4.69, 9.17) is 5.14 Å². The number of halogens is 1. The minimum absolute atomic E-state index is 0.0531. The Morgan fingerprint density at radius 2 is 1.58 bits per heavy atom. The van der Waals surface area contributed by atoms with E-state index in [1.807, 2.05) is 4.90 Å². The normalized spacial score (nSPS) is 15.0. The van der Waals surface area contributed by atoms with E-state index in [2.05, 4.69) is 5.32 Å². The first-order valence-corrected chi connectivity index (χ1v) is 11.4. The highest BCUT2D eigenvalue weighted by Gasteiger charge is 2.23. The van der Waals surface area contributed by atoms with Crippen LogP contribution in [0.2, 0.25) is 0 Å². The standard InChI is InChI=1S/C21H25FN4O4S/c22-18-5-3-17(4-6-18)21(28)26-13-11-25(12-14-26)15-20(27)24-10-9-16-1-7-19(8-2-16)31(23,29)30/h1-8H,9-15H2,(H,24,27)(H2,23,29,30). The fourth-order valence-corrected chi connectivity index (χ4v) is 3.85. The van der Waals surface area contributed by atoms with Crippen molar-refractivity contribution in [2.75, 3.05) is 39.3 Å². The lowest BCUT2D eigenvalue weighted by atomic mass is 10.1. The monoisotopic (exact) mass is 448 g/mol. The second kappa shape index (κ2) is 9.99. The third kappa shape index (κ3) is 6.58. The Labute approximate surface area is 180 Å². The molecule has 1 heterocycles. The van der Waals surface area contributed by atoms with E-state index in [9.17, 15) is 22.4 Å². The molecule has 2 aromatic carbocycles. The molecular formula is C21H25FN4O4S. The van der Waals surface area contributed by atoms with Gasteiger partial charge < -0.3 is 10.2 Å². The quantitative estimate of drug-likeness (QED) is 0.644. The van der Waals surface area contributed by atoms with Crippen molar-refractivity contribution < 1.29 is 22.4 Å². The summed E-state index contributed by atoms with van der Waals surface area (Å²) in [4.78, 5) is 28.4. The molecule has 3 N–H and O–H groups in total. The number of nitrogens with zero attached hydrogens (tertiary/aromatic N) is 2. The Bertz CT molecular complexity index is 1020. The van der Waals surface area contributed by atoms with Gasteiger partial charge in [-0.15, -0.1) is 0 Å². The highest BCUT2D eigenvalue weighted by atomic mass is 32.2. The van der Waals surface area contributed by atoms with Gasteiger partial charge >= 0.3 is 0 Å². The molecule has 0 spiro atoms. The lowest BCUT2D eigenvalue weighted by Crippen LogP contribution is -2.51. The first kappa shape index (κ1) is 22.9. The molecule has 1 aliphatic heterocycles. The molecule has 2 amide bonds. The molecule has 0 unspecified atom stereocenters. The second-order valence-corrected chi connectivity index (χ2v) is 8.93. The molecule has 0 saturated carbocycles. The van der Waals surface area contributed by atoms with Crippen LogP contribution in [0.15, 0.2) is 53.4 Å². The van der Waals surface area contributed by atoms with Gasteiger partial charge in [0.25, 0.3) is 5.91 Å². The number of carbonyl (C=O) groups is 2. The van der Waals surface area contributed by atoms with Crippen LogP contribution < -0.4 is 10.5 Å². The maximum absolute atomic E-state index is 13.0. The number of hydrogen-bond acceptors (Lipinski definition) is 5. The Morgan fingerprint density at radius 1 is 0.968 bits per heavy atom. The van der Waals surface area contributed by atoms with Crippen LogP contribution in [0.25, 0.3) is 0 Å². The highest BCUT2D eigenvalue weighted by molar-refractivity contribution is 7.89. The SMILES string of the molecule is NS(=O)(=O)c1ccc(CCNC(=O)CN2CCN(C(=O)c3ccc(F)cc3)CC2)cc1. The highest BCUT2D eigenvalue weighted by Crippen LogP contribution is 2.11. The number of rotatable bonds is 7. The largest absolute Gasteiger partial charge is 0.355 e. The van der Waals surface area contributed by atoms with Crippen LogP contribution in [-0.4, -0.2) is 69.3 Å². The van der Waals surface area contributed by atoms with Crippen molar-refractivity contribution in [1.82, 2.24) is 15.1 Å². The van der Waals surface area contributed by atoms with Crippen LogP contribution in [0.3, 0.4) is 0 Å². The van der Waals surface area contributed by atoms with Gasteiger partial charge in [-0.1, -0.05) is 12.1 Å². The van der Waals surface area contributed by atoms with Crippen LogP contribution in [0, 0.1) is 5.82 Å². The molecule has 3 rings (SSSR count). The molecule has 1 aliphatic rings. The lowest BCUT2D eigenvalue weighted by Gasteiger charge is -2.34. The van der Waals surface area contributed by atoms with Gasteiger partial charge in [0.1, 0.15) is 5.82 Å². The summed E-state index contributed by atoms with van der Waals surface area (Å²) in [6.45, 7) is 2.82. The fourth-order valence-electron chi connectivity index (χ4n) is 3.34. The number of sulfonamides is 1.